The van der Waals surface area contributed by atoms with Gasteiger partial charge in [0, 0.05) is 6.04 Å². The van der Waals surface area contributed by atoms with Crippen LogP contribution >= 0.6 is 0 Å². The Kier molecular flexibility index (Phi) is 8.79. The molecule has 15 heavy (non-hydrogen) atoms. The maximum absolute atomic E-state index is 5.50. The summed E-state index contributed by atoms with van der Waals surface area (Å²) >= 11 is 0. The lowest BCUT2D eigenvalue weighted by atomic mass is 10.3. The highest BCUT2D eigenvalue weighted by atomic mass is 16.5. The van der Waals surface area contributed by atoms with Crippen molar-refractivity contribution in [3.63, 3.8) is 0 Å². The first-order chi connectivity index (χ1) is 7.20. The van der Waals surface area contributed by atoms with Crippen molar-refractivity contribution >= 4 is 0 Å². The van der Waals surface area contributed by atoms with Gasteiger partial charge in [-0.3, -0.25) is 0 Å². The molecule has 0 fully saturated rings. The first-order valence-corrected chi connectivity index (χ1v) is 5.15. The predicted molar refractivity (Wildman–Crippen MR) is 65.9 cm³/mol. The monoisotopic (exact) mass is 207 g/mol. The third-order valence-electron chi connectivity index (χ3n) is 1.87. The molecule has 2 heteroatoms. The van der Waals surface area contributed by atoms with Crippen molar-refractivity contribution < 1.29 is 4.74 Å². The Balaban J connectivity index is 3.78. The molecule has 0 aliphatic carbocycles. The van der Waals surface area contributed by atoms with E-state index in [4.69, 9.17) is 4.74 Å². The average Bonchev–Trinajstić information content (AvgIpc) is 2.24. The normalized spacial score (nSPS) is 12.9. The second-order valence-electron chi connectivity index (χ2n) is 3.45. The topological polar surface area (TPSA) is 21.3 Å². The molecule has 0 aliphatic rings. The van der Waals surface area contributed by atoms with Gasteiger partial charge in [0.2, 0.25) is 0 Å². The lowest BCUT2D eigenvalue weighted by molar-refractivity contribution is 0.137. The fourth-order valence-corrected chi connectivity index (χ4v) is 0.842. The quantitative estimate of drug-likeness (QED) is 0.511. The van der Waals surface area contributed by atoms with Crippen molar-refractivity contribution in [2.24, 2.45) is 0 Å². The molecule has 0 aromatic heterocycles. The smallest absolute Gasteiger partial charge is 0.0678 e. The van der Waals surface area contributed by atoms with Gasteiger partial charge in [-0.25, -0.2) is 0 Å². The van der Waals surface area contributed by atoms with E-state index < -0.39 is 0 Å². The van der Waals surface area contributed by atoms with Crippen molar-refractivity contribution in [2.75, 3.05) is 20.3 Å². The maximum atomic E-state index is 5.50. The molecule has 1 N–H and O–H groups in total. The summed E-state index contributed by atoms with van der Waals surface area (Å²) in [7, 11) is 1.93. The second-order valence-corrected chi connectivity index (χ2v) is 3.45. The Morgan fingerprint density at radius 3 is 2.87 bits per heavy atom. The van der Waals surface area contributed by atoms with E-state index in [1.54, 1.807) is 12.2 Å². The molecule has 0 heterocycles. The SMILES string of the molecule is C=CC=C=C/C=C(\C)COC[C@H](C)NC. The van der Waals surface area contributed by atoms with Crippen LogP contribution < -0.4 is 5.32 Å². The molecule has 2 nitrogen and oxygen atoms in total. The van der Waals surface area contributed by atoms with E-state index in [0.29, 0.717) is 12.6 Å². The highest BCUT2D eigenvalue weighted by Crippen LogP contribution is 1.95. The number of allylic oxidation sites excluding steroid dienone is 3. The zero-order valence-electron chi connectivity index (χ0n) is 9.92. The summed E-state index contributed by atoms with van der Waals surface area (Å²) in [4.78, 5) is 0. The van der Waals surface area contributed by atoms with Crippen LogP contribution in [0.2, 0.25) is 0 Å². The molecule has 0 aromatic rings. The van der Waals surface area contributed by atoms with Gasteiger partial charge in [0.15, 0.2) is 0 Å². The summed E-state index contributed by atoms with van der Waals surface area (Å²) in [5.41, 5.74) is 4.15. The summed E-state index contributed by atoms with van der Waals surface area (Å²) in [6.07, 6.45) is 7.32. The number of hydrogen-bond acceptors (Lipinski definition) is 2. The molecule has 0 saturated carbocycles. The molecule has 0 aromatic carbocycles. The zero-order chi connectivity index (χ0) is 11.5. The van der Waals surface area contributed by atoms with Gasteiger partial charge in [-0.2, -0.15) is 0 Å². The van der Waals surface area contributed by atoms with E-state index in [1.165, 1.54) is 5.57 Å². The largest absolute Gasteiger partial charge is 0.376 e. The fraction of sp³-hybridized carbons (Fsp3) is 0.462. The van der Waals surface area contributed by atoms with Gasteiger partial charge < -0.3 is 10.1 Å². The molecular weight excluding hydrogens is 186 g/mol. The summed E-state index contributed by atoms with van der Waals surface area (Å²) in [6.45, 7) is 9.09. The summed E-state index contributed by atoms with van der Waals surface area (Å²) in [5.74, 6) is 0. The van der Waals surface area contributed by atoms with Gasteiger partial charge in [0.25, 0.3) is 0 Å². The highest BCUT2D eigenvalue weighted by molar-refractivity contribution is 5.12. The minimum atomic E-state index is 0.397. The van der Waals surface area contributed by atoms with Crippen LogP contribution in [0.25, 0.3) is 0 Å². The van der Waals surface area contributed by atoms with Crippen LogP contribution in [0.5, 0.6) is 0 Å². The van der Waals surface area contributed by atoms with E-state index in [-0.39, 0.29) is 0 Å². The average molecular weight is 207 g/mol. The van der Waals surface area contributed by atoms with Crippen molar-refractivity contribution in [3.8, 4) is 0 Å². The summed E-state index contributed by atoms with van der Waals surface area (Å²) in [5, 5.41) is 3.12. The molecule has 0 amide bonds. The third-order valence-corrected chi connectivity index (χ3v) is 1.87. The number of nitrogens with one attached hydrogen (secondary N) is 1. The molecule has 84 valence electrons. The van der Waals surface area contributed by atoms with Crippen LogP contribution in [-0.2, 0) is 4.74 Å². The summed E-state index contributed by atoms with van der Waals surface area (Å²) < 4.78 is 5.50. The van der Waals surface area contributed by atoms with Crippen LogP contribution in [0.3, 0.4) is 0 Å². The van der Waals surface area contributed by atoms with Crippen molar-refractivity contribution in [1.29, 1.82) is 0 Å². The van der Waals surface area contributed by atoms with Gasteiger partial charge in [-0.05, 0) is 38.6 Å². The molecule has 0 spiro atoms. The number of likely N-dealkylation sites (N-methyl/N-ethyl adjacent to an activating group) is 1. The van der Waals surface area contributed by atoms with E-state index in [0.717, 1.165) is 6.61 Å². The minimum Gasteiger partial charge on any atom is -0.376 e. The van der Waals surface area contributed by atoms with Crippen LogP contribution in [0.4, 0.5) is 0 Å². The highest BCUT2D eigenvalue weighted by Gasteiger charge is 1.96. The standard InChI is InChI=1S/C13H21NO/c1-5-6-7-8-9-12(2)10-15-11-13(3)14-4/h5-6,8-9,13-14H,1,10-11H2,2-4H3/b12-9+/t7?,13-/m0/s1. The fourth-order valence-electron chi connectivity index (χ4n) is 0.842. The number of hydrogen-bond donors (Lipinski definition) is 1. The lowest BCUT2D eigenvalue weighted by Crippen LogP contribution is -2.26. The first-order valence-electron chi connectivity index (χ1n) is 5.15. The van der Waals surface area contributed by atoms with Gasteiger partial charge in [0.05, 0.1) is 13.2 Å². The molecule has 0 unspecified atom stereocenters. The Morgan fingerprint density at radius 2 is 2.27 bits per heavy atom. The van der Waals surface area contributed by atoms with Crippen molar-refractivity contribution in [3.05, 3.63) is 42.2 Å². The zero-order valence-corrected chi connectivity index (χ0v) is 9.92. The molecular formula is C13H21NO. The van der Waals surface area contributed by atoms with Gasteiger partial charge in [-0.1, -0.05) is 18.7 Å². The van der Waals surface area contributed by atoms with E-state index in [2.05, 4.69) is 24.6 Å². The second kappa shape index (κ2) is 9.47. The number of ether oxygens (including phenoxy) is 1. The minimum absolute atomic E-state index is 0.397. The van der Waals surface area contributed by atoms with Crippen LogP contribution in [0.1, 0.15) is 13.8 Å². The molecule has 0 saturated heterocycles. The van der Waals surface area contributed by atoms with Crippen LogP contribution in [0.15, 0.2) is 42.2 Å². The first kappa shape index (κ1) is 13.9. The van der Waals surface area contributed by atoms with Crippen LogP contribution in [0, 0.1) is 0 Å². The Bertz CT molecular complexity index is 260. The maximum Gasteiger partial charge on any atom is 0.0678 e. The molecule has 0 bridgehead atoms. The van der Waals surface area contributed by atoms with Gasteiger partial charge in [-0.15, -0.1) is 5.73 Å². The van der Waals surface area contributed by atoms with E-state index in [1.807, 2.05) is 26.1 Å². The molecule has 0 aliphatic heterocycles. The predicted octanol–water partition coefficient (Wildman–Crippen LogP) is 2.45. The van der Waals surface area contributed by atoms with E-state index >= 15 is 0 Å². The van der Waals surface area contributed by atoms with Gasteiger partial charge >= 0.3 is 0 Å². The van der Waals surface area contributed by atoms with Crippen molar-refractivity contribution in [2.45, 2.75) is 19.9 Å². The lowest BCUT2D eigenvalue weighted by Gasteiger charge is -2.10. The molecule has 0 radical (unpaired) electrons. The number of rotatable bonds is 7. The molecule has 1 atom stereocenters. The van der Waals surface area contributed by atoms with E-state index in [9.17, 15) is 0 Å². The third kappa shape index (κ3) is 9.23. The summed E-state index contributed by atoms with van der Waals surface area (Å²) in [6, 6.07) is 0.397. The van der Waals surface area contributed by atoms with Crippen LogP contribution in [-0.4, -0.2) is 26.3 Å². The Morgan fingerprint density at radius 1 is 1.53 bits per heavy atom. The Hall–Kier alpha value is -1.08. The van der Waals surface area contributed by atoms with Gasteiger partial charge in [0.1, 0.15) is 0 Å². The Labute approximate surface area is 93.0 Å². The van der Waals surface area contributed by atoms with Crippen molar-refractivity contribution in [1.82, 2.24) is 5.32 Å². The molecule has 0 rings (SSSR count).